The standard InChI is InChI=1S/C29H31FO6/c1-21(31)32-20-25-26(33-17-22-11-5-2-6-12-22)27(34-18-23-13-7-3-8-14-23)28(29(30)36-25)35-19-24-15-9-4-10-16-24/h2-16,25-29H,17-20H2,1H3/t25-,26-,27+,28-,29?/m1/s1. The van der Waals surface area contributed by atoms with Crippen molar-refractivity contribution in [2.75, 3.05) is 6.61 Å². The Balaban J connectivity index is 1.57. The van der Waals surface area contributed by atoms with Gasteiger partial charge in [-0.2, -0.15) is 0 Å². The largest absolute Gasteiger partial charge is 0.463 e. The van der Waals surface area contributed by atoms with Crippen LogP contribution in [0, 0.1) is 0 Å². The summed E-state index contributed by atoms with van der Waals surface area (Å²) in [5.74, 6) is -0.486. The van der Waals surface area contributed by atoms with E-state index >= 15 is 4.39 Å². The molecule has 1 heterocycles. The minimum Gasteiger partial charge on any atom is -0.463 e. The fourth-order valence-electron chi connectivity index (χ4n) is 4.07. The summed E-state index contributed by atoms with van der Waals surface area (Å²) in [6.45, 7) is 1.80. The lowest BCUT2D eigenvalue weighted by Gasteiger charge is -2.43. The van der Waals surface area contributed by atoms with Crippen LogP contribution in [0.15, 0.2) is 91.0 Å². The number of halogens is 1. The summed E-state index contributed by atoms with van der Waals surface area (Å²) in [5.41, 5.74) is 2.77. The predicted molar refractivity (Wildman–Crippen MR) is 131 cm³/mol. The van der Waals surface area contributed by atoms with E-state index in [1.165, 1.54) is 6.92 Å². The van der Waals surface area contributed by atoms with Gasteiger partial charge in [0.05, 0.1) is 19.8 Å². The van der Waals surface area contributed by atoms with Crippen LogP contribution in [0.25, 0.3) is 0 Å². The highest BCUT2D eigenvalue weighted by Gasteiger charge is 2.49. The molecule has 0 N–H and O–H groups in total. The monoisotopic (exact) mass is 494 g/mol. The van der Waals surface area contributed by atoms with Gasteiger partial charge >= 0.3 is 5.97 Å². The zero-order valence-electron chi connectivity index (χ0n) is 20.2. The molecule has 0 aliphatic carbocycles. The number of carbonyl (C=O) groups excluding carboxylic acids is 1. The van der Waals surface area contributed by atoms with Gasteiger partial charge < -0.3 is 23.7 Å². The predicted octanol–water partition coefficient (Wildman–Crippen LogP) is 5.00. The summed E-state index contributed by atoms with van der Waals surface area (Å²) in [6.07, 6.45) is -5.29. The van der Waals surface area contributed by atoms with Crippen molar-refractivity contribution in [1.29, 1.82) is 0 Å². The summed E-state index contributed by atoms with van der Waals surface area (Å²) < 4.78 is 44.8. The van der Waals surface area contributed by atoms with E-state index in [0.29, 0.717) is 0 Å². The van der Waals surface area contributed by atoms with Crippen LogP contribution in [0.1, 0.15) is 23.6 Å². The molecular formula is C29H31FO6. The van der Waals surface area contributed by atoms with E-state index in [0.717, 1.165) is 16.7 Å². The van der Waals surface area contributed by atoms with Gasteiger partial charge in [-0.25, -0.2) is 4.39 Å². The number of rotatable bonds is 11. The molecule has 3 aromatic rings. The van der Waals surface area contributed by atoms with Gasteiger partial charge in [0.25, 0.3) is 0 Å². The van der Waals surface area contributed by atoms with Crippen molar-refractivity contribution in [3.05, 3.63) is 108 Å². The summed E-state index contributed by atoms with van der Waals surface area (Å²) in [4.78, 5) is 11.5. The maximum Gasteiger partial charge on any atom is 0.302 e. The number of carbonyl (C=O) groups is 1. The van der Waals surface area contributed by atoms with Crippen LogP contribution >= 0.6 is 0 Å². The van der Waals surface area contributed by atoms with Crippen LogP contribution in [-0.4, -0.2) is 43.3 Å². The Kier molecular flexibility index (Phi) is 9.58. The summed E-state index contributed by atoms with van der Waals surface area (Å²) in [5, 5.41) is 0. The first-order valence-electron chi connectivity index (χ1n) is 12.0. The highest BCUT2D eigenvalue weighted by atomic mass is 19.1. The lowest BCUT2D eigenvalue weighted by atomic mass is 9.98. The molecule has 4 rings (SSSR count). The Morgan fingerprint density at radius 1 is 0.694 bits per heavy atom. The van der Waals surface area contributed by atoms with Crippen LogP contribution in [-0.2, 0) is 48.3 Å². The van der Waals surface area contributed by atoms with Gasteiger partial charge in [-0.1, -0.05) is 91.0 Å². The van der Waals surface area contributed by atoms with Gasteiger partial charge in [0.1, 0.15) is 31.0 Å². The number of ether oxygens (including phenoxy) is 5. The Labute approximate surface area is 210 Å². The molecule has 5 atom stereocenters. The van der Waals surface area contributed by atoms with Crippen LogP contribution in [0.2, 0.25) is 0 Å². The quantitative estimate of drug-likeness (QED) is 0.350. The molecule has 1 fully saturated rings. The van der Waals surface area contributed by atoms with E-state index in [4.69, 9.17) is 23.7 Å². The second-order valence-electron chi connectivity index (χ2n) is 8.61. The SMILES string of the molecule is CC(=O)OC[C@H]1OC(F)[C@H](OCc2ccccc2)[C@@H](OCc2ccccc2)[C@@H]1OCc1ccccc1. The molecule has 1 aliphatic rings. The Hall–Kier alpha value is -3.10. The van der Waals surface area contributed by atoms with Crippen LogP contribution in [0.5, 0.6) is 0 Å². The normalized spacial score (nSPS) is 23.8. The third-order valence-electron chi connectivity index (χ3n) is 5.88. The summed E-state index contributed by atoms with van der Waals surface area (Å²) in [6, 6.07) is 28.7. The van der Waals surface area contributed by atoms with Crippen LogP contribution in [0.4, 0.5) is 4.39 Å². The summed E-state index contributed by atoms with van der Waals surface area (Å²) in [7, 11) is 0. The third kappa shape index (κ3) is 7.45. The highest BCUT2D eigenvalue weighted by Crippen LogP contribution is 2.31. The molecule has 0 spiro atoms. The van der Waals surface area contributed by atoms with Crippen LogP contribution in [0.3, 0.4) is 0 Å². The number of esters is 1. The molecular weight excluding hydrogens is 463 g/mol. The first-order chi connectivity index (χ1) is 17.6. The molecule has 6 nitrogen and oxygen atoms in total. The van der Waals surface area contributed by atoms with Crippen molar-refractivity contribution in [1.82, 2.24) is 0 Å². The molecule has 1 aliphatic heterocycles. The van der Waals surface area contributed by atoms with Crippen molar-refractivity contribution in [3.8, 4) is 0 Å². The first kappa shape index (κ1) is 26.0. The van der Waals surface area contributed by atoms with Gasteiger partial charge in [0.15, 0.2) is 0 Å². The molecule has 0 saturated carbocycles. The molecule has 0 bridgehead atoms. The number of hydrogen-bond donors (Lipinski definition) is 0. The van der Waals surface area contributed by atoms with E-state index in [1.54, 1.807) is 0 Å². The van der Waals surface area contributed by atoms with E-state index in [2.05, 4.69) is 0 Å². The van der Waals surface area contributed by atoms with Crippen molar-refractivity contribution in [2.24, 2.45) is 0 Å². The van der Waals surface area contributed by atoms with Crippen molar-refractivity contribution in [2.45, 2.75) is 57.5 Å². The minimum atomic E-state index is -1.80. The van der Waals surface area contributed by atoms with Gasteiger partial charge in [-0.3, -0.25) is 4.79 Å². The topological polar surface area (TPSA) is 63.2 Å². The van der Waals surface area contributed by atoms with Gasteiger partial charge in [-0.15, -0.1) is 0 Å². The van der Waals surface area contributed by atoms with Gasteiger partial charge in [0, 0.05) is 6.92 Å². The zero-order chi connectivity index (χ0) is 25.2. The molecule has 7 heteroatoms. The molecule has 1 unspecified atom stereocenters. The Bertz CT molecular complexity index is 1050. The Morgan fingerprint density at radius 2 is 1.11 bits per heavy atom. The van der Waals surface area contributed by atoms with Crippen molar-refractivity contribution >= 4 is 5.97 Å². The number of hydrogen-bond acceptors (Lipinski definition) is 6. The summed E-state index contributed by atoms with van der Waals surface area (Å²) >= 11 is 0. The van der Waals surface area contributed by atoms with E-state index in [-0.39, 0.29) is 26.4 Å². The lowest BCUT2D eigenvalue weighted by molar-refractivity contribution is -0.297. The molecule has 1 saturated heterocycles. The van der Waals surface area contributed by atoms with E-state index < -0.39 is 36.7 Å². The molecule has 0 aromatic heterocycles. The average molecular weight is 495 g/mol. The van der Waals surface area contributed by atoms with E-state index in [9.17, 15) is 4.79 Å². The minimum absolute atomic E-state index is 0.161. The maximum absolute atomic E-state index is 15.4. The molecule has 0 radical (unpaired) electrons. The van der Waals surface area contributed by atoms with Gasteiger partial charge in [-0.05, 0) is 16.7 Å². The fraction of sp³-hybridized carbons (Fsp3) is 0.345. The second-order valence-corrected chi connectivity index (χ2v) is 8.61. The van der Waals surface area contributed by atoms with Crippen molar-refractivity contribution < 1.29 is 32.9 Å². The second kappa shape index (κ2) is 13.3. The molecule has 190 valence electrons. The average Bonchev–Trinajstić information content (AvgIpc) is 2.91. The third-order valence-corrected chi connectivity index (χ3v) is 5.88. The molecule has 0 amide bonds. The highest BCUT2D eigenvalue weighted by molar-refractivity contribution is 5.65. The van der Waals surface area contributed by atoms with Gasteiger partial charge in [0.2, 0.25) is 6.36 Å². The molecule has 36 heavy (non-hydrogen) atoms. The maximum atomic E-state index is 15.4. The lowest BCUT2D eigenvalue weighted by Crippen LogP contribution is -2.60. The number of benzene rings is 3. The zero-order valence-corrected chi connectivity index (χ0v) is 20.2. The molecule has 3 aromatic carbocycles. The van der Waals surface area contributed by atoms with Crippen molar-refractivity contribution in [3.63, 3.8) is 0 Å². The number of alkyl halides is 1. The first-order valence-corrected chi connectivity index (χ1v) is 12.0. The smallest absolute Gasteiger partial charge is 0.302 e. The fourth-order valence-corrected chi connectivity index (χ4v) is 4.07. The Morgan fingerprint density at radius 3 is 1.56 bits per heavy atom. The van der Waals surface area contributed by atoms with Crippen LogP contribution < -0.4 is 0 Å². The van der Waals surface area contributed by atoms with E-state index in [1.807, 2.05) is 91.0 Å².